The standard InChI is InChI=1S/C15H18N2O3/c18-8-11-5-12(7-14(11)19)17-15(20)10-2-1-9-3-4-16-13(9)6-10/h1-4,6,11-12,14,16,18-19H,5,7-8H2,(H,17,20). The Labute approximate surface area is 116 Å². The lowest BCUT2D eigenvalue weighted by Gasteiger charge is -2.12. The Morgan fingerprint density at radius 3 is 2.95 bits per heavy atom. The van der Waals surface area contributed by atoms with Crippen molar-refractivity contribution in [3.8, 4) is 0 Å². The first kappa shape index (κ1) is 13.1. The topological polar surface area (TPSA) is 85.3 Å². The number of carbonyl (C=O) groups is 1. The first-order valence-corrected chi connectivity index (χ1v) is 6.84. The van der Waals surface area contributed by atoms with Crippen molar-refractivity contribution in [3.63, 3.8) is 0 Å². The summed E-state index contributed by atoms with van der Waals surface area (Å²) in [5, 5.41) is 22.9. The molecule has 5 nitrogen and oxygen atoms in total. The third-order valence-corrected chi connectivity index (χ3v) is 4.04. The van der Waals surface area contributed by atoms with Crippen LogP contribution in [0, 0.1) is 5.92 Å². The summed E-state index contributed by atoms with van der Waals surface area (Å²) in [4.78, 5) is 15.3. The van der Waals surface area contributed by atoms with Gasteiger partial charge in [-0.3, -0.25) is 4.79 Å². The maximum atomic E-state index is 12.2. The van der Waals surface area contributed by atoms with Gasteiger partial charge in [0.25, 0.3) is 5.91 Å². The van der Waals surface area contributed by atoms with E-state index in [1.165, 1.54) is 0 Å². The summed E-state index contributed by atoms with van der Waals surface area (Å²) in [6.07, 6.45) is 2.43. The number of rotatable bonds is 3. The van der Waals surface area contributed by atoms with E-state index in [-0.39, 0.29) is 24.5 Å². The highest BCUT2D eigenvalue weighted by Crippen LogP contribution is 2.26. The number of benzene rings is 1. The molecule has 0 saturated heterocycles. The molecule has 3 rings (SSSR count). The van der Waals surface area contributed by atoms with Crippen molar-refractivity contribution < 1.29 is 15.0 Å². The normalized spacial score (nSPS) is 26.0. The van der Waals surface area contributed by atoms with Gasteiger partial charge in [0.05, 0.1) is 6.10 Å². The molecule has 3 unspecified atom stereocenters. The number of hydrogen-bond donors (Lipinski definition) is 4. The molecule has 1 saturated carbocycles. The van der Waals surface area contributed by atoms with Crippen LogP contribution in [-0.4, -0.2) is 39.9 Å². The lowest BCUT2D eigenvalue weighted by atomic mass is 10.1. The van der Waals surface area contributed by atoms with Gasteiger partial charge >= 0.3 is 0 Å². The summed E-state index contributed by atoms with van der Waals surface area (Å²) in [6, 6.07) is 7.39. The summed E-state index contributed by atoms with van der Waals surface area (Å²) in [6.45, 7) is -0.0397. The Balaban J connectivity index is 1.70. The van der Waals surface area contributed by atoms with Crippen LogP contribution in [0.4, 0.5) is 0 Å². The van der Waals surface area contributed by atoms with Gasteiger partial charge in [-0.05, 0) is 36.4 Å². The molecular formula is C15H18N2O3. The molecule has 1 heterocycles. The van der Waals surface area contributed by atoms with Crippen LogP contribution in [0.1, 0.15) is 23.2 Å². The number of aliphatic hydroxyl groups is 2. The van der Waals surface area contributed by atoms with Crippen molar-refractivity contribution in [1.29, 1.82) is 0 Å². The van der Waals surface area contributed by atoms with E-state index in [1.54, 1.807) is 6.07 Å². The number of hydrogen-bond acceptors (Lipinski definition) is 3. The molecule has 1 aliphatic rings. The third kappa shape index (κ3) is 2.42. The molecule has 1 aromatic heterocycles. The highest BCUT2D eigenvalue weighted by molar-refractivity contribution is 5.98. The Bertz CT molecular complexity index is 622. The Hall–Kier alpha value is -1.85. The van der Waals surface area contributed by atoms with Crippen LogP contribution in [0.5, 0.6) is 0 Å². The zero-order valence-electron chi connectivity index (χ0n) is 11.0. The highest BCUT2D eigenvalue weighted by Gasteiger charge is 2.33. The average Bonchev–Trinajstić information content (AvgIpc) is 3.03. The van der Waals surface area contributed by atoms with Gasteiger partial charge in [0, 0.05) is 35.8 Å². The van der Waals surface area contributed by atoms with Gasteiger partial charge in [0.2, 0.25) is 0 Å². The quantitative estimate of drug-likeness (QED) is 0.674. The van der Waals surface area contributed by atoms with E-state index in [0.717, 1.165) is 10.9 Å². The van der Waals surface area contributed by atoms with Crippen LogP contribution >= 0.6 is 0 Å². The van der Waals surface area contributed by atoms with Gasteiger partial charge in [-0.25, -0.2) is 0 Å². The van der Waals surface area contributed by atoms with Crippen LogP contribution in [0.15, 0.2) is 30.5 Å². The molecule has 5 heteroatoms. The molecule has 0 aliphatic heterocycles. The summed E-state index contributed by atoms with van der Waals surface area (Å²) < 4.78 is 0. The summed E-state index contributed by atoms with van der Waals surface area (Å²) in [5.74, 6) is -0.275. The van der Waals surface area contributed by atoms with Crippen LogP contribution in [0.2, 0.25) is 0 Å². The van der Waals surface area contributed by atoms with Gasteiger partial charge in [-0.15, -0.1) is 0 Å². The molecule has 2 aromatic rings. The van der Waals surface area contributed by atoms with Gasteiger partial charge in [-0.1, -0.05) is 6.07 Å². The minimum Gasteiger partial charge on any atom is -0.396 e. The summed E-state index contributed by atoms with van der Waals surface area (Å²) >= 11 is 0. The number of aromatic nitrogens is 1. The van der Waals surface area contributed by atoms with Crippen molar-refractivity contribution in [2.45, 2.75) is 25.0 Å². The van der Waals surface area contributed by atoms with E-state index in [4.69, 9.17) is 5.11 Å². The fraction of sp³-hybridized carbons (Fsp3) is 0.400. The highest BCUT2D eigenvalue weighted by atomic mass is 16.3. The SMILES string of the molecule is O=C(NC1CC(O)C(CO)C1)c1ccc2cc[nH]c2c1. The number of nitrogens with one attached hydrogen (secondary N) is 2. The van der Waals surface area contributed by atoms with Crippen molar-refractivity contribution >= 4 is 16.8 Å². The minimum absolute atomic E-state index is 0.0397. The van der Waals surface area contributed by atoms with Gasteiger partial charge in [0.15, 0.2) is 0 Å². The third-order valence-electron chi connectivity index (χ3n) is 4.04. The molecule has 1 amide bonds. The Morgan fingerprint density at radius 1 is 1.35 bits per heavy atom. The van der Waals surface area contributed by atoms with Crippen LogP contribution < -0.4 is 5.32 Å². The van der Waals surface area contributed by atoms with E-state index in [9.17, 15) is 9.90 Å². The Morgan fingerprint density at radius 2 is 2.20 bits per heavy atom. The fourth-order valence-corrected chi connectivity index (χ4v) is 2.87. The van der Waals surface area contributed by atoms with Crippen LogP contribution in [0.25, 0.3) is 10.9 Å². The smallest absolute Gasteiger partial charge is 0.251 e. The van der Waals surface area contributed by atoms with Crippen molar-refractivity contribution in [3.05, 3.63) is 36.0 Å². The first-order valence-electron chi connectivity index (χ1n) is 6.84. The van der Waals surface area contributed by atoms with Crippen LogP contribution in [-0.2, 0) is 0 Å². The summed E-state index contributed by atoms with van der Waals surface area (Å²) in [7, 11) is 0. The number of carbonyl (C=O) groups excluding carboxylic acids is 1. The second-order valence-corrected chi connectivity index (χ2v) is 5.43. The minimum atomic E-state index is -0.531. The van der Waals surface area contributed by atoms with E-state index in [1.807, 2.05) is 24.4 Å². The zero-order valence-corrected chi connectivity index (χ0v) is 11.0. The molecule has 0 radical (unpaired) electrons. The predicted molar refractivity (Wildman–Crippen MR) is 75.4 cm³/mol. The lowest BCUT2D eigenvalue weighted by Crippen LogP contribution is -2.33. The molecular weight excluding hydrogens is 256 g/mol. The van der Waals surface area contributed by atoms with E-state index >= 15 is 0 Å². The molecule has 1 aliphatic carbocycles. The predicted octanol–water partition coefficient (Wildman–Crippen LogP) is 1.03. The first-order chi connectivity index (χ1) is 9.67. The van der Waals surface area contributed by atoms with E-state index < -0.39 is 6.10 Å². The number of aliphatic hydroxyl groups excluding tert-OH is 2. The van der Waals surface area contributed by atoms with Gasteiger partial charge < -0.3 is 20.5 Å². The zero-order chi connectivity index (χ0) is 14.1. The van der Waals surface area contributed by atoms with Crippen molar-refractivity contribution in [2.75, 3.05) is 6.61 Å². The Kier molecular flexibility index (Phi) is 3.46. The molecule has 20 heavy (non-hydrogen) atoms. The maximum absolute atomic E-state index is 12.2. The molecule has 0 spiro atoms. The number of amides is 1. The largest absolute Gasteiger partial charge is 0.396 e. The maximum Gasteiger partial charge on any atom is 0.251 e. The van der Waals surface area contributed by atoms with Crippen LogP contribution in [0.3, 0.4) is 0 Å². The molecule has 1 fully saturated rings. The van der Waals surface area contributed by atoms with Crippen molar-refractivity contribution in [1.82, 2.24) is 10.3 Å². The number of H-pyrrole nitrogens is 1. The molecule has 106 valence electrons. The fourth-order valence-electron chi connectivity index (χ4n) is 2.87. The monoisotopic (exact) mass is 274 g/mol. The average molecular weight is 274 g/mol. The molecule has 0 bridgehead atoms. The van der Waals surface area contributed by atoms with E-state index in [0.29, 0.717) is 18.4 Å². The number of fused-ring (bicyclic) bond motifs is 1. The second-order valence-electron chi connectivity index (χ2n) is 5.43. The lowest BCUT2D eigenvalue weighted by molar-refractivity contribution is 0.0903. The molecule has 3 atom stereocenters. The van der Waals surface area contributed by atoms with Gasteiger partial charge in [0.1, 0.15) is 0 Å². The number of aromatic amines is 1. The van der Waals surface area contributed by atoms with Crippen molar-refractivity contribution in [2.24, 2.45) is 5.92 Å². The molecule has 4 N–H and O–H groups in total. The summed E-state index contributed by atoms with van der Waals surface area (Å²) in [5.41, 5.74) is 1.53. The van der Waals surface area contributed by atoms with E-state index in [2.05, 4.69) is 10.3 Å². The molecule has 1 aromatic carbocycles. The second kappa shape index (κ2) is 5.26. The van der Waals surface area contributed by atoms with Gasteiger partial charge in [-0.2, -0.15) is 0 Å².